The van der Waals surface area contributed by atoms with Crippen molar-refractivity contribution in [2.75, 3.05) is 13.1 Å². The largest absolute Gasteiger partial charge is 0.356 e. The van der Waals surface area contributed by atoms with Gasteiger partial charge in [-0.25, -0.2) is 13.8 Å². The zero-order chi connectivity index (χ0) is 25.9. The molecule has 0 spiro atoms. The number of aliphatic imine (C=N–C) groups is 1. The van der Waals surface area contributed by atoms with Crippen molar-refractivity contribution in [3.05, 3.63) is 125 Å². The highest BCUT2D eigenvalue weighted by Gasteiger charge is 2.16. The maximum Gasteiger partial charge on any atom is 0.257 e. The normalized spacial score (nSPS) is 11.5. The molecular weight excluding hydrogens is 472 g/mol. The first-order valence-electron chi connectivity index (χ1n) is 12.2. The molecular formula is C29H29F2N5O. The highest BCUT2D eigenvalue weighted by Crippen LogP contribution is 2.28. The van der Waals surface area contributed by atoms with Crippen LogP contribution in [-0.2, 0) is 6.42 Å². The molecule has 0 fully saturated rings. The number of halogens is 2. The number of imidazole rings is 1. The summed E-state index contributed by atoms with van der Waals surface area (Å²) in [6.45, 7) is 0.990. The predicted molar refractivity (Wildman–Crippen MR) is 140 cm³/mol. The summed E-state index contributed by atoms with van der Waals surface area (Å²) in [6, 6.07) is 21.6. The standard InChI is InChI=1S/C29H29F2N5O/c30-24-12-8-21(9-13-24)27(22-10-14-25(31)15-11-22)16-18-34-29(33-17-4-7-26-19-32-20-35-26)36-28(37)23-5-2-1-3-6-23/h1-3,5-6,8-15,19-20,27H,4,7,16-18H2,(H,32,35)(H2,33,34,36,37). The number of benzene rings is 3. The third kappa shape index (κ3) is 7.83. The summed E-state index contributed by atoms with van der Waals surface area (Å²) in [7, 11) is 0. The highest BCUT2D eigenvalue weighted by molar-refractivity contribution is 6.05. The summed E-state index contributed by atoms with van der Waals surface area (Å²) in [4.78, 5) is 24.5. The van der Waals surface area contributed by atoms with Crippen molar-refractivity contribution in [1.29, 1.82) is 0 Å². The minimum Gasteiger partial charge on any atom is -0.356 e. The zero-order valence-corrected chi connectivity index (χ0v) is 20.3. The Balaban J connectivity index is 1.44. The molecule has 0 aliphatic rings. The molecule has 4 aromatic rings. The lowest BCUT2D eigenvalue weighted by molar-refractivity contribution is 0.0975. The highest BCUT2D eigenvalue weighted by atomic mass is 19.1. The Labute approximate surface area is 214 Å². The minimum atomic E-state index is -0.312. The number of hydrogen-bond acceptors (Lipinski definition) is 3. The molecule has 0 unspecified atom stereocenters. The molecule has 0 aliphatic heterocycles. The van der Waals surface area contributed by atoms with E-state index in [0.717, 1.165) is 29.7 Å². The molecule has 37 heavy (non-hydrogen) atoms. The van der Waals surface area contributed by atoms with Crippen molar-refractivity contribution < 1.29 is 13.6 Å². The molecule has 0 radical (unpaired) electrons. The second kappa shape index (κ2) is 13.1. The van der Waals surface area contributed by atoms with Gasteiger partial charge in [-0.1, -0.05) is 42.5 Å². The van der Waals surface area contributed by atoms with Gasteiger partial charge in [0.25, 0.3) is 5.91 Å². The van der Waals surface area contributed by atoms with Crippen LogP contribution in [0.1, 0.15) is 45.9 Å². The van der Waals surface area contributed by atoms with Crippen LogP contribution < -0.4 is 10.6 Å². The van der Waals surface area contributed by atoms with Crippen LogP contribution in [0.15, 0.2) is 96.4 Å². The van der Waals surface area contributed by atoms with Gasteiger partial charge in [-0.3, -0.25) is 15.1 Å². The Morgan fingerprint density at radius 3 is 2.16 bits per heavy atom. The molecule has 1 heterocycles. The number of nitrogens with one attached hydrogen (secondary N) is 3. The van der Waals surface area contributed by atoms with Crippen LogP contribution in [0, 0.1) is 11.6 Å². The number of guanidine groups is 1. The lowest BCUT2D eigenvalue weighted by atomic mass is 9.88. The third-order valence-electron chi connectivity index (χ3n) is 5.97. The molecule has 0 saturated heterocycles. The summed E-state index contributed by atoms with van der Waals surface area (Å²) in [5.74, 6) is -0.592. The van der Waals surface area contributed by atoms with E-state index in [1.807, 2.05) is 6.07 Å². The van der Waals surface area contributed by atoms with Gasteiger partial charge in [-0.15, -0.1) is 0 Å². The van der Waals surface area contributed by atoms with E-state index in [-0.39, 0.29) is 23.5 Å². The van der Waals surface area contributed by atoms with Gasteiger partial charge in [-0.2, -0.15) is 0 Å². The van der Waals surface area contributed by atoms with E-state index in [4.69, 9.17) is 0 Å². The summed E-state index contributed by atoms with van der Waals surface area (Å²) in [5.41, 5.74) is 3.40. The van der Waals surface area contributed by atoms with E-state index in [9.17, 15) is 13.6 Å². The second-order valence-corrected chi connectivity index (χ2v) is 8.60. The summed E-state index contributed by atoms with van der Waals surface area (Å²) < 4.78 is 27.1. The third-order valence-corrected chi connectivity index (χ3v) is 5.97. The molecule has 6 nitrogen and oxygen atoms in total. The van der Waals surface area contributed by atoms with Gasteiger partial charge in [0.15, 0.2) is 5.96 Å². The number of aromatic amines is 1. The molecule has 0 atom stereocenters. The van der Waals surface area contributed by atoms with Crippen LogP contribution in [0.5, 0.6) is 0 Å². The van der Waals surface area contributed by atoms with Crippen molar-refractivity contribution in [1.82, 2.24) is 20.6 Å². The number of aromatic nitrogens is 2. The first-order chi connectivity index (χ1) is 18.1. The lowest BCUT2D eigenvalue weighted by Gasteiger charge is -2.20. The van der Waals surface area contributed by atoms with Crippen LogP contribution in [0.4, 0.5) is 8.78 Å². The van der Waals surface area contributed by atoms with Crippen LogP contribution in [0.25, 0.3) is 0 Å². The Morgan fingerprint density at radius 1 is 0.919 bits per heavy atom. The van der Waals surface area contributed by atoms with E-state index in [1.54, 1.807) is 61.1 Å². The van der Waals surface area contributed by atoms with Gasteiger partial charge < -0.3 is 10.3 Å². The SMILES string of the molecule is O=C(NC(=NCCCc1cnc[nH]1)NCCC(c1ccc(F)cc1)c1ccc(F)cc1)c1ccccc1. The number of aryl methyl sites for hydroxylation is 1. The molecule has 3 N–H and O–H groups in total. The van der Waals surface area contributed by atoms with Crippen molar-refractivity contribution in [3.63, 3.8) is 0 Å². The topological polar surface area (TPSA) is 82.2 Å². The summed E-state index contributed by atoms with van der Waals surface area (Å²) in [6.07, 6.45) is 5.62. The fourth-order valence-corrected chi connectivity index (χ4v) is 4.04. The van der Waals surface area contributed by atoms with Crippen molar-refractivity contribution in [2.24, 2.45) is 4.99 Å². The number of H-pyrrole nitrogens is 1. The van der Waals surface area contributed by atoms with E-state index in [1.165, 1.54) is 24.3 Å². The molecule has 190 valence electrons. The number of rotatable bonds is 10. The molecule has 1 aromatic heterocycles. The lowest BCUT2D eigenvalue weighted by Crippen LogP contribution is -2.42. The monoisotopic (exact) mass is 501 g/mol. The van der Waals surface area contributed by atoms with Crippen LogP contribution in [0.3, 0.4) is 0 Å². The molecule has 1 amide bonds. The fourth-order valence-electron chi connectivity index (χ4n) is 4.04. The molecule has 0 aliphatic carbocycles. The Hall–Kier alpha value is -4.33. The van der Waals surface area contributed by atoms with E-state index >= 15 is 0 Å². The zero-order valence-electron chi connectivity index (χ0n) is 20.3. The Bertz CT molecular complexity index is 1230. The number of carbonyl (C=O) groups excluding carboxylic acids is 1. The van der Waals surface area contributed by atoms with Gasteiger partial charge in [0.2, 0.25) is 0 Å². The van der Waals surface area contributed by atoms with Crippen LogP contribution >= 0.6 is 0 Å². The second-order valence-electron chi connectivity index (χ2n) is 8.60. The molecule has 8 heteroatoms. The first kappa shape index (κ1) is 25.8. The van der Waals surface area contributed by atoms with E-state index in [2.05, 4.69) is 25.6 Å². The number of nitrogens with zero attached hydrogens (tertiary/aromatic N) is 2. The number of amides is 1. The van der Waals surface area contributed by atoms with E-state index < -0.39 is 0 Å². The van der Waals surface area contributed by atoms with Crippen molar-refractivity contribution in [3.8, 4) is 0 Å². The molecule has 3 aromatic carbocycles. The summed E-state index contributed by atoms with van der Waals surface area (Å²) >= 11 is 0. The first-order valence-corrected chi connectivity index (χ1v) is 12.2. The van der Waals surface area contributed by atoms with Gasteiger partial charge in [-0.05, 0) is 66.8 Å². The van der Waals surface area contributed by atoms with Gasteiger partial charge >= 0.3 is 0 Å². The van der Waals surface area contributed by atoms with Crippen LogP contribution in [-0.4, -0.2) is 34.9 Å². The van der Waals surface area contributed by atoms with Gasteiger partial charge in [0.05, 0.1) is 6.33 Å². The molecule has 4 rings (SSSR count). The number of hydrogen-bond donors (Lipinski definition) is 3. The average molecular weight is 502 g/mol. The maximum atomic E-state index is 13.5. The molecule has 0 bridgehead atoms. The quantitative estimate of drug-likeness (QED) is 0.158. The predicted octanol–water partition coefficient (Wildman–Crippen LogP) is 5.22. The Kier molecular flexibility index (Phi) is 9.12. The smallest absolute Gasteiger partial charge is 0.257 e. The van der Waals surface area contributed by atoms with Crippen molar-refractivity contribution in [2.45, 2.75) is 25.2 Å². The van der Waals surface area contributed by atoms with Gasteiger partial charge in [0.1, 0.15) is 11.6 Å². The van der Waals surface area contributed by atoms with E-state index in [0.29, 0.717) is 31.0 Å². The maximum absolute atomic E-state index is 13.5. The van der Waals surface area contributed by atoms with Gasteiger partial charge in [0, 0.05) is 36.5 Å². The Morgan fingerprint density at radius 2 is 1.57 bits per heavy atom. The van der Waals surface area contributed by atoms with Crippen molar-refractivity contribution >= 4 is 11.9 Å². The average Bonchev–Trinajstić information content (AvgIpc) is 3.44. The van der Waals surface area contributed by atoms with Crippen LogP contribution in [0.2, 0.25) is 0 Å². The summed E-state index contributed by atoms with van der Waals surface area (Å²) in [5, 5.41) is 6.13. The fraction of sp³-hybridized carbons (Fsp3) is 0.207. The molecule has 0 saturated carbocycles. The minimum absolute atomic E-state index is 0.0971. The number of carbonyl (C=O) groups is 1.